The van der Waals surface area contributed by atoms with Gasteiger partial charge in [0, 0.05) is 43.6 Å². The number of hydrogen-bond donors (Lipinski definition) is 2. The summed E-state index contributed by atoms with van der Waals surface area (Å²) in [7, 11) is 2.09. The number of rotatable bonds is 4. The monoisotopic (exact) mass is 331 g/mol. The third-order valence-electron chi connectivity index (χ3n) is 4.39. The van der Waals surface area contributed by atoms with Crippen molar-refractivity contribution in [2.75, 3.05) is 38.1 Å². The quantitative estimate of drug-likeness (QED) is 0.897. The first kappa shape index (κ1) is 16.4. The molecular formula is C17H22FN5O. The maximum Gasteiger partial charge on any atom is 0.269 e. The fourth-order valence-electron chi connectivity index (χ4n) is 2.94. The topological polar surface area (TPSA) is 64.3 Å². The average Bonchev–Trinajstić information content (AvgIpc) is 3.10. The van der Waals surface area contributed by atoms with Crippen LogP contribution in [0.2, 0.25) is 0 Å². The molecule has 1 aromatic heterocycles. The highest BCUT2D eigenvalue weighted by molar-refractivity contribution is 5.92. The largest absolute Gasteiger partial charge is 0.369 e. The molecule has 0 saturated carbocycles. The lowest BCUT2D eigenvalue weighted by atomic mass is 10.0. The van der Waals surface area contributed by atoms with Crippen molar-refractivity contribution in [3.05, 3.63) is 47.5 Å². The number of likely N-dealkylation sites (N-methyl/N-ethyl adjacent to an activating group) is 1. The fraction of sp³-hybridized carbons (Fsp3) is 0.412. The van der Waals surface area contributed by atoms with Gasteiger partial charge in [0.25, 0.3) is 5.91 Å². The molecule has 1 atom stereocenters. The van der Waals surface area contributed by atoms with Crippen LogP contribution >= 0.6 is 0 Å². The van der Waals surface area contributed by atoms with Gasteiger partial charge in [-0.05, 0) is 38.2 Å². The van der Waals surface area contributed by atoms with E-state index in [1.807, 2.05) is 6.92 Å². The molecule has 2 heterocycles. The Morgan fingerprint density at radius 3 is 2.71 bits per heavy atom. The molecule has 7 heteroatoms. The summed E-state index contributed by atoms with van der Waals surface area (Å²) in [6.07, 6.45) is 1.53. The van der Waals surface area contributed by atoms with Gasteiger partial charge in [-0.3, -0.25) is 9.89 Å². The van der Waals surface area contributed by atoms with Crippen LogP contribution in [0.5, 0.6) is 0 Å². The fourth-order valence-corrected chi connectivity index (χ4v) is 2.94. The number of benzene rings is 1. The number of halogens is 1. The van der Waals surface area contributed by atoms with Crippen molar-refractivity contribution in [1.29, 1.82) is 0 Å². The van der Waals surface area contributed by atoms with Crippen molar-refractivity contribution in [3.63, 3.8) is 0 Å². The molecule has 1 aromatic carbocycles. The SMILES string of the molecule is C[C@H](NC(=O)c1ccn[nH]1)c1cc(F)ccc1N1CCN(C)CC1. The zero-order valence-electron chi connectivity index (χ0n) is 13.9. The van der Waals surface area contributed by atoms with Gasteiger partial charge in [-0.15, -0.1) is 0 Å². The van der Waals surface area contributed by atoms with Crippen LogP contribution in [0.3, 0.4) is 0 Å². The van der Waals surface area contributed by atoms with Crippen LogP contribution in [0, 0.1) is 5.82 Å². The summed E-state index contributed by atoms with van der Waals surface area (Å²) in [4.78, 5) is 16.7. The molecule has 2 aromatic rings. The summed E-state index contributed by atoms with van der Waals surface area (Å²) in [5.41, 5.74) is 2.15. The molecule has 0 unspecified atom stereocenters. The zero-order chi connectivity index (χ0) is 17.1. The molecule has 2 N–H and O–H groups in total. The molecule has 1 saturated heterocycles. The van der Waals surface area contributed by atoms with Crippen LogP contribution < -0.4 is 10.2 Å². The summed E-state index contributed by atoms with van der Waals surface area (Å²) in [5, 5.41) is 9.31. The Morgan fingerprint density at radius 2 is 2.04 bits per heavy atom. The first-order valence-corrected chi connectivity index (χ1v) is 8.08. The summed E-state index contributed by atoms with van der Waals surface area (Å²) in [5.74, 6) is -0.556. The number of nitrogens with zero attached hydrogens (tertiary/aromatic N) is 3. The van der Waals surface area contributed by atoms with Crippen molar-refractivity contribution in [2.45, 2.75) is 13.0 Å². The van der Waals surface area contributed by atoms with E-state index in [4.69, 9.17) is 0 Å². The maximum absolute atomic E-state index is 13.8. The van der Waals surface area contributed by atoms with E-state index in [0.29, 0.717) is 5.69 Å². The number of hydrogen-bond acceptors (Lipinski definition) is 4. The van der Waals surface area contributed by atoms with Gasteiger partial charge in [-0.25, -0.2) is 4.39 Å². The van der Waals surface area contributed by atoms with Gasteiger partial charge < -0.3 is 15.1 Å². The van der Waals surface area contributed by atoms with Crippen molar-refractivity contribution >= 4 is 11.6 Å². The summed E-state index contributed by atoms with van der Waals surface area (Å²) < 4.78 is 13.8. The van der Waals surface area contributed by atoms with E-state index in [1.165, 1.54) is 18.3 Å². The molecule has 0 radical (unpaired) electrons. The minimum absolute atomic E-state index is 0.256. The normalized spacial score (nSPS) is 16.9. The predicted molar refractivity (Wildman–Crippen MR) is 90.6 cm³/mol. The lowest BCUT2D eigenvalue weighted by Gasteiger charge is -2.36. The number of H-pyrrole nitrogens is 1. The van der Waals surface area contributed by atoms with Gasteiger partial charge in [-0.2, -0.15) is 5.10 Å². The van der Waals surface area contributed by atoms with E-state index in [2.05, 4.69) is 32.4 Å². The second-order valence-electron chi connectivity index (χ2n) is 6.16. The van der Waals surface area contributed by atoms with Gasteiger partial charge in [0.05, 0.1) is 6.04 Å². The zero-order valence-corrected chi connectivity index (χ0v) is 13.9. The average molecular weight is 331 g/mol. The molecule has 128 valence electrons. The molecule has 3 rings (SSSR count). The number of anilines is 1. The van der Waals surface area contributed by atoms with Crippen molar-refractivity contribution in [2.24, 2.45) is 0 Å². The summed E-state index contributed by atoms with van der Waals surface area (Å²) in [6, 6.07) is 6.07. The highest BCUT2D eigenvalue weighted by Crippen LogP contribution is 2.28. The van der Waals surface area contributed by atoms with Crippen LogP contribution in [0.4, 0.5) is 10.1 Å². The lowest BCUT2D eigenvalue weighted by molar-refractivity contribution is 0.0935. The Balaban J connectivity index is 1.80. The molecule has 6 nitrogen and oxygen atoms in total. The molecule has 1 aliphatic heterocycles. The van der Waals surface area contributed by atoms with Crippen LogP contribution in [0.15, 0.2) is 30.5 Å². The Hall–Kier alpha value is -2.41. The van der Waals surface area contributed by atoms with Gasteiger partial charge in [0.1, 0.15) is 11.5 Å². The number of amides is 1. The van der Waals surface area contributed by atoms with Crippen LogP contribution in [0.25, 0.3) is 0 Å². The third kappa shape index (κ3) is 3.56. The number of aromatic amines is 1. The van der Waals surface area contributed by atoms with Crippen molar-refractivity contribution in [3.8, 4) is 0 Å². The van der Waals surface area contributed by atoms with E-state index < -0.39 is 0 Å². The highest BCUT2D eigenvalue weighted by Gasteiger charge is 2.21. The Morgan fingerprint density at radius 1 is 1.29 bits per heavy atom. The number of carbonyl (C=O) groups excluding carboxylic acids is 1. The molecule has 0 spiro atoms. The third-order valence-corrected chi connectivity index (χ3v) is 4.39. The van der Waals surface area contributed by atoms with Gasteiger partial charge in [0.2, 0.25) is 0 Å². The number of carbonyl (C=O) groups is 1. The van der Waals surface area contributed by atoms with Crippen LogP contribution in [-0.4, -0.2) is 54.2 Å². The smallest absolute Gasteiger partial charge is 0.269 e. The predicted octanol–water partition coefficient (Wildman–Crippen LogP) is 1.79. The first-order valence-electron chi connectivity index (χ1n) is 8.08. The summed E-state index contributed by atoms with van der Waals surface area (Å²) in [6.45, 7) is 5.56. The second kappa shape index (κ2) is 7.00. The molecular weight excluding hydrogens is 309 g/mol. The van der Waals surface area contributed by atoms with E-state index in [-0.39, 0.29) is 17.8 Å². The second-order valence-corrected chi connectivity index (χ2v) is 6.16. The highest BCUT2D eigenvalue weighted by atomic mass is 19.1. The number of piperazine rings is 1. The molecule has 1 aliphatic rings. The Kier molecular flexibility index (Phi) is 4.80. The lowest BCUT2D eigenvalue weighted by Crippen LogP contribution is -2.45. The standard InChI is InChI=1S/C17H22FN5O/c1-12(20-17(24)15-5-6-19-21-15)14-11-13(18)3-4-16(14)23-9-7-22(2)8-10-23/h3-6,11-12H,7-10H2,1-2H3,(H,19,21)(H,20,24)/t12-/m0/s1. The number of nitrogens with one attached hydrogen (secondary N) is 2. The molecule has 1 fully saturated rings. The van der Waals surface area contributed by atoms with E-state index in [9.17, 15) is 9.18 Å². The van der Waals surface area contributed by atoms with Crippen LogP contribution in [-0.2, 0) is 0 Å². The van der Waals surface area contributed by atoms with Crippen molar-refractivity contribution in [1.82, 2.24) is 20.4 Å². The minimum Gasteiger partial charge on any atom is -0.369 e. The Bertz CT molecular complexity index is 695. The van der Waals surface area contributed by atoms with Gasteiger partial charge in [0.15, 0.2) is 0 Å². The maximum atomic E-state index is 13.8. The molecule has 1 amide bonds. The Labute approximate surface area is 140 Å². The number of aromatic nitrogens is 2. The van der Waals surface area contributed by atoms with E-state index >= 15 is 0 Å². The summed E-state index contributed by atoms with van der Waals surface area (Å²) >= 11 is 0. The van der Waals surface area contributed by atoms with Gasteiger partial charge >= 0.3 is 0 Å². The first-order chi connectivity index (χ1) is 11.5. The molecule has 0 aliphatic carbocycles. The van der Waals surface area contributed by atoms with Crippen LogP contribution in [0.1, 0.15) is 29.0 Å². The molecule has 24 heavy (non-hydrogen) atoms. The van der Waals surface area contributed by atoms with Gasteiger partial charge in [-0.1, -0.05) is 0 Å². The minimum atomic E-state index is -0.314. The van der Waals surface area contributed by atoms with E-state index in [0.717, 1.165) is 37.4 Å². The molecule has 0 bridgehead atoms. The van der Waals surface area contributed by atoms with Crippen molar-refractivity contribution < 1.29 is 9.18 Å². The van der Waals surface area contributed by atoms with E-state index in [1.54, 1.807) is 12.1 Å².